The van der Waals surface area contributed by atoms with E-state index in [0.717, 1.165) is 29.9 Å². The topological polar surface area (TPSA) is 110 Å². The van der Waals surface area contributed by atoms with Crippen molar-refractivity contribution in [3.8, 4) is 0 Å². The van der Waals surface area contributed by atoms with E-state index in [-0.39, 0.29) is 13.0 Å². The lowest BCUT2D eigenvalue weighted by atomic mass is 10.1. The van der Waals surface area contributed by atoms with Crippen molar-refractivity contribution in [1.29, 1.82) is 0 Å². The monoisotopic (exact) mass is 359 g/mol. The number of carbonyl (C=O) groups excluding carboxylic acids is 4. The summed E-state index contributed by atoms with van der Waals surface area (Å²) in [5, 5.41) is 0.331. The highest BCUT2D eigenvalue weighted by atomic mass is 16.7. The first-order valence-corrected chi connectivity index (χ1v) is 8.35. The van der Waals surface area contributed by atoms with Gasteiger partial charge in [-0.25, -0.2) is 9.69 Å². The van der Waals surface area contributed by atoms with Crippen LogP contribution in [0.3, 0.4) is 0 Å². The second kappa shape index (κ2) is 8.80. The third-order valence-electron chi connectivity index (χ3n) is 3.77. The predicted octanol–water partition coefficient (Wildman–Crippen LogP) is 2.15. The van der Waals surface area contributed by atoms with Gasteiger partial charge in [0.25, 0.3) is 11.8 Å². The first-order chi connectivity index (χ1) is 12.4. The summed E-state index contributed by atoms with van der Waals surface area (Å²) < 4.78 is 0. The molecule has 0 bridgehead atoms. The lowest BCUT2D eigenvalue weighted by molar-refractivity contribution is -0.173. The molecule has 8 nitrogen and oxygen atoms in total. The molecule has 0 spiro atoms. The van der Waals surface area contributed by atoms with E-state index >= 15 is 0 Å². The van der Waals surface area contributed by atoms with Gasteiger partial charge < -0.3 is 10.6 Å². The Kier molecular flexibility index (Phi) is 6.48. The smallest absolute Gasteiger partial charge is 0.399 e. The molecule has 4 amide bonds. The molecule has 0 aromatic heterocycles. The van der Waals surface area contributed by atoms with Crippen molar-refractivity contribution < 1.29 is 24.0 Å². The fourth-order valence-electron chi connectivity index (χ4n) is 2.33. The molecule has 0 aliphatic carbocycles. The summed E-state index contributed by atoms with van der Waals surface area (Å²) in [7, 11) is 0. The molecule has 0 saturated carbocycles. The van der Waals surface area contributed by atoms with E-state index in [4.69, 9.17) is 10.6 Å². The number of hydroxylamine groups is 2. The van der Waals surface area contributed by atoms with Gasteiger partial charge in [-0.15, -0.1) is 0 Å². The third-order valence-corrected chi connectivity index (χ3v) is 3.77. The van der Waals surface area contributed by atoms with E-state index in [1.165, 1.54) is 0 Å². The lowest BCUT2D eigenvalue weighted by Crippen LogP contribution is -2.42. The van der Waals surface area contributed by atoms with Gasteiger partial charge in [-0.2, -0.15) is 0 Å². The van der Waals surface area contributed by atoms with Crippen molar-refractivity contribution in [2.24, 2.45) is 0 Å². The van der Waals surface area contributed by atoms with E-state index in [1.807, 2.05) is 6.92 Å². The van der Waals surface area contributed by atoms with Gasteiger partial charge in [0.15, 0.2) is 0 Å². The maximum atomic E-state index is 12.5. The van der Waals surface area contributed by atoms with Crippen LogP contribution in [0.2, 0.25) is 0 Å². The number of carbonyl (C=O) groups is 4. The summed E-state index contributed by atoms with van der Waals surface area (Å²) in [5.74, 6) is -1.98. The van der Waals surface area contributed by atoms with Crippen LogP contribution in [0.25, 0.3) is 0 Å². The van der Waals surface area contributed by atoms with Crippen LogP contribution in [0, 0.1) is 0 Å². The molecule has 0 saturated heterocycles. The number of nitrogens with two attached hydrogens (primary N) is 1. The van der Waals surface area contributed by atoms with Gasteiger partial charge in [0.2, 0.25) is 5.91 Å². The Balaban J connectivity index is 2.11. The molecule has 2 rings (SSSR count). The van der Waals surface area contributed by atoms with Crippen LogP contribution in [0.1, 0.15) is 38.2 Å². The minimum Gasteiger partial charge on any atom is -0.399 e. The molecule has 26 heavy (non-hydrogen) atoms. The molecule has 2 N–H and O–H groups in total. The number of hydrogen-bond donors (Lipinski definition) is 1. The number of unbranched alkanes of at least 4 members (excludes halogenated alkanes) is 2. The Hall–Kier alpha value is -3.16. The van der Waals surface area contributed by atoms with E-state index < -0.39 is 23.8 Å². The van der Waals surface area contributed by atoms with Gasteiger partial charge in [0.05, 0.1) is 6.54 Å². The summed E-state index contributed by atoms with van der Waals surface area (Å²) in [6, 6.07) is 6.67. The fourth-order valence-corrected chi connectivity index (χ4v) is 2.33. The summed E-state index contributed by atoms with van der Waals surface area (Å²) in [5.41, 5.74) is 6.85. The fraction of sp³-hybridized carbons (Fsp3) is 0.333. The van der Waals surface area contributed by atoms with E-state index in [2.05, 4.69) is 0 Å². The molecule has 1 aromatic carbocycles. The van der Waals surface area contributed by atoms with Crippen LogP contribution in [-0.2, 0) is 25.8 Å². The number of anilines is 1. The normalized spacial score (nSPS) is 13.2. The second-order valence-corrected chi connectivity index (χ2v) is 5.84. The average molecular weight is 359 g/mol. The summed E-state index contributed by atoms with van der Waals surface area (Å²) in [6.07, 6.45) is 3.48. The van der Waals surface area contributed by atoms with Crippen molar-refractivity contribution in [3.63, 3.8) is 0 Å². The second-order valence-electron chi connectivity index (χ2n) is 5.84. The highest BCUT2D eigenvalue weighted by molar-refractivity contribution is 6.12. The number of nitrogen functional groups attached to an aromatic ring is 1. The average Bonchev–Trinajstić information content (AvgIpc) is 2.93. The quantitative estimate of drug-likeness (QED) is 0.454. The van der Waals surface area contributed by atoms with Gasteiger partial charge in [-0.3, -0.25) is 14.4 Å². The molecule has 1 heterocycles. The van der Waals surface area contributed by atoms with Crippen LogP contribution in [0.5, 0.6) is 0 Å². The molecule has 138 valence electrons. The Labute approximate surface area is 151 Å². The standard InChI is InChI=1S/C18H21N3O5/c1-2-3-4-5-15(22)20(12-13-6-8-14(19)9-7-13)18(25)26-21-16(23)10-11-17(21)24/h6-11H,2-5,12,19H2,1H3. The minimum atomic E-state index is -1.08. The van der Waals surface area contributed by atoms with Crippen molar-refractivity contribution in [2.75, 3.05) is 5.73 Å². The number of nitrogens with zero attached hydrogens (tertiary/aromatic N) is 2. The summed E-state index contributed by atoms with van der Waals surface area (Å²) in [4.78, 5) is 53.7. The summed E-state index contributed by atoms with van der Waals surface area (Å²) >= 11 is 0. The lowest BCUT2D eigenvalue weighted by Gasteiger charge is -2.22. The van der Waals surface area contributed by atoms with Gasteiger partial charge in [0.1, 0.15) is 0 Å². The molecule has 0 atom stereocenters. The number of imide groups is 2. The Morgan fingerprint density at radius 2 is 1.69 bits per heavy atom. The number of amides is 4. The highest BCUT2D eigenvalue weighted by Crippen LogP contribution is 2.14. The maximum absolute atomic E-state index is 12.5. The van der Waals surface area contributed by atoms with Crippen LogP contribution < -0.4 is 5.73 Å². The third kappa shape index (κ3) is 4.92. The predicted molar refractivity (Wildman–Crippen MR) is 93.0 cm³/mol. The molecule has 1 aliphatic heterocycles. The van der Waals surface area contributed by atoms with Crippen LogP contribution in [-0.4, -0.2) is 33.8 Å². The molecular formula is C18H21N3O5. The van der Waals surface area contributed by atoms with Crippen LogP contribution >= 0.6 is 0 Å². The summed E-state index contributed by atoms with van der Waals surface area (Å²) in [6.45, 7) is 1.95. The van der Waals surface area contributed by atoms with Crippen molar-refractivity contribution >= 4 is 29.5 Å². The zero-order valence-corrected chi connectivity index (χ0v) is 14.5. The molecule has 0 unspecified atom stereocenters. The van der Waals surface area contributed by atoms with Gasteiger partial charge in [-0.05, 0) is 24.1 Å². The van der Waals surface area contributed by atoms with E-state index in [9.17, 15) is 19.2 Å². The maximum Gasteiger partial charge on any atom is 0.441 e. The molecule has 0 fully saturated rings. The van der Waals surface area contributed by atoms with Gasteiger partial charge in [0, 0.05) is 24.3 Å². The van der Waals surface area contributed by atoms with Gasteiger partial charge >= 0.3 is 6.09 Å². The van der Waals surface area contributed by atoms with E-state index in [0.29, 0.717) is 22.7 Å². The largest absolute Gasteiger partial charge is 0.441 e. The molecule has 1 aromatic rings. The Bertz CT molecular complexity index is 709. The first kappa shape index (κ1) is 19.2. The minimum absolute atomic E-state index is 0.0479. The molecular weight excluding hydrogens is 338 g/mol. The Morgan fingerprint density at radius 3 is 2.27 bits per heavy atom. The van der Waals surface area contributed by atoms with Crippen molar-refractivity contribution in [1.82, 2.24) is 9.96 Å². The van der Waals surface area contributed by atoms with Crippen LogP contribution in [0.15, 0.2) is 36.4 Å². The van der Waals surface area contributed by atoms with Crippen molar-refractivity contribution in [2.45, 2.75) is 39.2 Å². The number of hydrogen-bond acceptors (Lipinski definition) is 6. The molecule has 8 heteroatoms. The SMILES string of the molecule is CCCCCC(=O)N(Cc1ccc(N)cc1)C(=O)ON1C(=O)C=CC1=O. The molecule has 0 radical (unpaired) electrons. The zero-order valence-electron chi connectivity index (χ0n) is 14.5. The Morgan fingerprint density at radius 1 is 1.08 bits per heavy atom. The molecule has 1 aliphatic rings. The van der Waals surface area contributed by atoms with E-state index in [1.54, 1.807) is 24.3 Å². The number of rotatable bonds is 7. The van der Waals surface area contributed by atoms with Gasteiger partial charge in [-0.1, -0.05) is 37.0 Å². The van der Waals surface area contributed by atoms with Crippen molar-refractivity contribution in [3.05, 3.63) is 42.0 Å². The highest BCUT2D eigenvalue weighted by Gasteiger charge is 2.32. The first-order valence-electron chi connectivity index (χ1n) is 8.35. The number of benzene rings is 1. The zero-order chi connectivity index (χ0) is 19.1. The van der Waals surface area contributed by atoms with Crippen LogP contribution in [0.4, 0.5) is 10.5 Å².